The number of fused-ring (bicyclic) bond motifs is 1. The lowest BCUT2D eigenvalue weighted by Crippen LogP contribution is -2.23. The van der Waals surface area contributed by atoms with Gasteiger partial charge in [-0.3, -0.25) is 9.59 Å². The van der Waals surface area contributed by atoms with E-state index in [2.05, 4.69) is 0 Å². The molecule has 1 atom stereocenters. The maximum atomic E-state index is 13.5. The van der Waals surface area contributed by atoms with Gasteiger partial charge in [0.05, 0.1) is 6.61 Å². The highest BCUT2D eigenvalue weighted by Gasteiger charge is 2.38. The van der Waals surface area contributed by atoms with Crippen molar-refractivity contribution in [1.29, 1.82) is 0 Å². The zero-order chi connectivity index (χ0) is 13.1. The van der Waals surface area contributed by atoms with Crippen LogP contribution >= 0.6 is 0 Å². The molecule has 0 radical (unpaired) electrons. The van der Waals surface area contributed by atoms with E-state index in [-0.39, 0.29) is 12.2 Å². The van der Waals surface area contributed by atoms with E-state index >= 15 is 0 Å². The van der Waals surface area contributed by atoms with Crippen molar-refractivity contribution in [2.45, 2.75) is 26.2 Å². The Morgan fingerprint density at radius 1 is 1.50 bits per heavy atom. The van der Waals surface area contributed by atoms with Gasteiger partial charge in [-0.1, -0.05) is 25.5 Å². The Balaban J connectivity index is 2.09. The van der Waals surface area contributed by atoms with Gasteiger partial charge in [-0.25, -0.2) is 4.39 Å². The molecule has 0 fully saturated rings. The lowest BCUT2D eigenvalue weighted by Gasteiger charge is -2.08. The fourth-order valence-corrected chi connectivity index (χ4v) is 2.09. The maximum absolute atomic E-state index is 13.5. The molecule has 96 valence electrons. The van der Waals surface area contributed by atoms with Crippen LogP contribution in [0.3, 0.4) is 0 Å². The summed E-state index contributed by atoms with van der Waals surface area (Å²) in [6.45, 7) is 2.30. The van der Waals surface area contributed by atoms with Crippen molar-refractivity contribution in [3.05, 3.63) is 35.1 Å². The highest BCUT2D eigenvalue weighted by molar-refractivity contribution is 6.12. The minimum atomic E-state index is -0.867. The molecule has 18 heavy (non-hydrogen) atoms. The molecule has 0 N–H and O–H groups in total. The summed E-state index contributed by atoms with van der Waals surface area (Å²) in [6, 6.07) is 4.34. The van der Waals surface area contributed by atoms with Gasteiger partial charge < -0.3 is 4.74 Å². The van der Waals surface area contributed by atoms with E-state index in [1.54, 1.807) is 6.07 Å². The van der Waals surface area contributed by atoms with Crippen molar-refractivity contribution in [3.8, 4) is 0 Å². The average Bonchev–Trinajstić information content (AvgIpc) is 2.69. The lowest BCUT2D eigenvalue weighted by molar-refractivity contribution is -0.146. The number of ketones is 1. The van der Waals surface area contributed by atoms with Crippen LogP contribution in [0.4, 0.5) is 4.39 Å². The molecule has 0 heterocycles. The summed E-state index contributed by atoms with van der Waals surface area (Å²) >= 11 is 0. The second-order valence-corrected chi connectivity index (χ2v) is 4.41. The van der Waals surface area contributed by atoms with Gasteiger partial charge in [0.15, 0.2) is 5.78 Å². The number of rotatable bonds is 4. The maximum Gasteiger partial charge on any atom is 0.317 e. The third-order valence-corrected chi connectivity index (χ3v) is 3.14. The van der Waals surface area contributed by atoms with Gasteiger partial charge >= 0.3 is 5.97 Å². The first kappa shape index (κ1) is 12.7. The molecule has 1 unspecified atom stereocenters. The highest BCUT2D eigenvalue weighted by atomic mass is 19.1. The highest BCUT2D eigenvalue weighted by Crippen LogP contribution is 2.29. The second-order valence-electron chi connectivity index (χ2n) is 4.41. The normalized spacial score (nSPS) is 17.7. The molecule has 0 aliphatic heterocycles. The van der Waals surface area contributed by atoms with Crippen molar-refractivity contribution < 1.29 is 18.7 Å². The number of benzene rings is 1. The average molecular weight is 250 g/mol. The van der Waals surface area contributed by atoms with Gasteiger partial charge in [0.25, 0.3) is 0 Å². The third-order valence-electron chi connectivity index (χ3n) is 3.14. The summed E-state index contributed by atoms with van der Waals surface area (Å²) in [5.41, 5.74) is 0.646. The number of esters is 1. The predicted octanol–water partition coefficient (Wildman–Crippen LogP) is 2.52. The monoisotopic (exact) mass is 250 g/mol. The molecule has 0 aromatic heterocycles. The number of hydrogen-bond acceptors (Lipinski definition) is 3. The molecule has 0 spiro atoms. The van der Waals surface area contributed by atoms with Gasteiger partial charge in [0.2, 0.25) is 0 Å². The SMILES string of the molecule is CCCCOC(=O)C1Cc2c(F)cccc2C1=O. The van der Waals surface area contributed by atoms with E-state index in [9.17, 15) is 14.0 Å². The van der Waals surface area contributed by atoms with Crippen LogP contribution in [0.15, 0.2) is 18.2 Å². The third kappa shape index (κ3) is 2.28. The van der Waals surface area contributed by atoms with Crippen LogP contribution in [0.2, 0.25) is 0 Å². The molecule has 0 saturated heterocycles. The fraction of sp³-hybridized carbons (Fsp3) is 0.429. The molecule has 0 saturated carbocycles. The summed E-state index contributed by atoms with van der Waals surface area (Å²) in [7, 11) is 0. The minimum Gasteiger partial charge on any atom is -0.465 e. The van der Waals surface area contributed by atoms with Crippen LogP contribution in [-0.4, -0.2) is 18.4 Å². The zero-order valence-corrected chi connectivity index (χ0v) is 10.2. The van der Waals surface area contributed by atoms with E-state index in [0.717, 1.165) is 12.8 Å². The van der Waals surface area contributed by atoms with Crippen molar-refractivity contribution in [2.24, 2.45) is 5.92 Å². The molecule has 3 nitrogen and oxygen atoms in total. The fourth-order valence-electron chi connectivity index (χ4n) is 2.09. The summed E-state index contributed by atoms with van der Waals surface area (Å²) in [4.78, 5) is 23.7. The van der Waals surface area contributed by atoms with Crippen LogP contribution in [-0.2, 0) is 16.0 Å². The summed E-state index contributed by atoms with van der Waals surface area (Å²) in [5.74, 6) is -2.16. The molecular formula is C14H15FO3. The Labute approximate surface area is 105 Å². The Morgan fingerprint density at radius 3 is 2.94 bits per heavy atom. The van der Waals surface area contributed by atoms with Crippen molar-refractivity contribution in [1.82, 2.24) is 0 Å². The largest absolute Gasteiger partial charge is 0.465 e. The number of halogens is 1. The summed E-state index contributed by atoms with van der Waals surface area (Å²) in [6.07, 6.45) is 1.81. The molecule has 2 rings (SSSR count). The van der Waals surface area contributed by atoms with Crippen LogP contribution in [0.25, 0.3) is 0 Å². The summed E-state index contributed by atoms with van der Waals surface area (Å²) in [5, 5.41) is 0. The molecule has 0 amide bonds. The number of carbonyl (C=O) groups excluding carboxylic acids is 2. The number of ether oxygens (including phenoxy) is 1. The summed E-state index contributed by atoms with van der Waals surface area (Å²) < 4.78 is 18.5. The van der Waals surface area contributed by atoms with E-state index < -0.39 is 17.7 Å². The molecule has 1 aliphatic rings. The molecular weight excluding hydrogens is 235 g/mol. The van der Waals surface area contributed by atoms with Gasteiger partial charge in [0, 0.05) is 5.56 Å². The number of Topliss-reactive ketones (excluding diaryl/α,β-unsaturated/α-hetero) is 1. The van der Waals surface area contributed by atoms with Crippen LogP contribution in [0, 0.1) is 11.7 Å². The van der Waals surface area contributed by atoms with Gasteiger partial charge in [-0.05, 0) is 24.5 Å². The minimum absolute atomic E-state index is 0.117. The van der Waals surface area contributed by atoms with E-state index in [4.69, 9.17) is 4.74 Å². The van der Waals surface area contributed by atoms with Crippen LogP contribution in [0.5, 0.6) is 0 Å². The van der Waals surface area contributed by atoms with E-state index in [1.807, 2.05) is 6.92 Å². The molecule has 0 bridgehead atoms. The number of unbranched alkanes of at least 4 members (excludes halogenated alkanes) is 1. The number of hydrogen-bond donors (Lipinski definition) is 0. The van der Waals surface area contributed by atoms with Gasteiger partial charge in [0.1, 0.15) is 11.7 Å². The van der Waals surface area contributed by atoms with Crippen molar-refractivity contribution in [2.75, 3.05) is 6.61 Å². The van der Waals surface area contributed by atoms with E-state index in [1.165, 1.54) is 12.1 Å². The number of carbonyl (C=O) groups is 2. The topological polar surface area (TPSA) is 43.4 Å². The first-order valence-electron chi connectivity index (χ1n) is 6.13. The van der Waals surface area contributed by atoms with Crippen molar-refractivity contribution >= 4 is 11.8 Å². The van der Waals surface area contributed by atoms with Crippen molar-refractivity contribution in [3.63, 3.8) is 0 Å². The molecule has 1 aromatic carbocycles. The second kappa shape index (κ2) is 5.29. The molecule has 1 aliphatic carbocycles. The first-order valence-corrected chi connectivity index (χ1v) is 6.13. The van der Waals surface area contributed by atoms with E-state index in [0.29, 0.717) is 17.7 Å². The standard InChI is InChI=1S/C14H15FO3/c1-2-3-7-18-14(17)11-8-10-9(13(11)16)5-4-6-12(10)15/h4-6,11H,2-3,7-8H2,1H3. The van der Waals surface area contributed by atoms with Gasteiger partial charge in [-0.2, -0.15) is 0 Å². The Kier molecular flexibility index (Phi) is 3.75. The first-order chi connectivity index (χ1) is 8.65. The van der Waals surface area contributed by atoms with Crippen LogP contribution in [0.1, 0.15) is 35.7 Å². The van der Waals surface area contributed by atoms with Crippen LogP contribution < -0.4 is 0 Å². The lowest BCUT2D eigenvalue weighted by atomic mass is 10.1. The molecule has 4 heteroatoms. The molecule has 1 aromatic rings. The quantitative estimate of drug-likeness (QED) is 0.468. The zero-order valence-electron chi connectivity index (χ0n) is 10.2. The predicted molar refractivity (Wildman–Crippen MR) is 63.8 cm³/mol. The Morgan fingerprint density at radius 2 is 2.28 bits per heavy atom. The smallest absolute Gasteiger partial charge is 0.317 e. The Bertz CT molecular complexity index is 482. The van der Waals surface area contributed by atoms with Gasteiger partial charge in [-0.15, -0.1) is 0 Å². The Hall–Kier alpha value is -1.71.